The molecule has 27 heavy (non-hydrogen) atoms. The van der Waals surface area contributed by atoms with Crippen molar-refractivity contribution in [1.82, 2.24) is 9.97 Å². The highest BCUT2D eigenvalue weighted by molar-refractivity contribution is 8.00. The normalized spacial score (nSPS) is 24.0. The number of aromatic amines is 1. The van der Waals surface area contributed by atoms with Gasteiger partial charge in [-0.2, -0.15) is 0 Å². The summed E-state index contributed by atoms with van der Waals surface area (Å²) >= 11 is 2.38. The third-order valence-electron chi connectivity index (χ3n) is 4.88. The van der Waals surface area contributed by atoms with E-state index in [4.69, 9.17) is 0 Å². The predicted molar refractivity (Wildman–Crippen MR) is 103 cm³/mol. The third kappa shape index (κ3) is 2.48. The van der Waals surface area contributed by atoms with Gasteiger partial charge in [-0.3, -0.25) is 19.4 Å². The van der Waals surface area contributed by atoms with Crippen LogP contribution >= 0.6 is 23.1 Å². The summed E-state index contributed by atoms with van der Waals surface area (Å²) in [5.74, 6) is -1.41. The molecular formula is C19H13N3O3S2. The molecule has 0 radical (unpaired) electrons. The number of carbonyl (C=O) groups is 2. The monoisotopic (exact) mass is 395 g/mol. The Balaban J connectivity index is 1.67. The number of fused-ring (bicyclic) bond motifs is 2. The Kier molecular flexibility index (Phi) is 3.76. The minimum Gasteiger partial charge on any atom is -0.307 e. The Bertz CT molecular complexity index is 1090. The number of para-hydroxylation sites is 1. The van der Waals surface area contributed by atoms with Crippen molar-refractivity contribution in [3.05, 3.63) is 75.0 Å². The van der Waals surface area contributed by atoms with Gasteiger partial charge in [0.05, 0.1) is 16.6 Å². The fourth-order valence-corrected chi connectivity index (χ4v) is 6.28. The van der Waals surface area contributed by atoms with Gasteiger partial charge in [-0.05, 0) is 23.8 Å². The fourth-order valence-electron chi connectivity index (χ4n) is 3.77. The number of rotatable bonds is 2. The van der Waals surface area contributed by atoms with E-state index in [-0.39, 0.29) is 22.6 Å². The fraction of sp³-hybridized carbons (Fsp3) is 0.158. The van der Waals surface area contributed by atoms with E-state index in [0.29, 0.717) is 10.7 Å². The summed E-state index contributed by atoms with van der Waals surface area (Å²) in [7, 11) is 0. The molecule has 4 heterocycles. The number of nitrogens with zero attached hydrogens (tertiary/aromatic N) is 2. The van der Waals surface area contributed by atoms with Crippen molar-refractivity contribution in [2.75, 3.05) is 4.90 Å². The number of imide groups is 1. The van der Waals surface area contributed by atoms with Crippen molar-refractivity contribution in [1.29, 1.82) is 0 Å². The maximum Gasteiger partial charge on any atom is 0.305 e. The van der Waals surface area contributed by atoms with E-state index in [0.717, 1.165) is 21.8 Å². The average Bonchev–Trinajstić information content (AvgIpc) is 3.18. The number of thiazole rings is 1. The molecule has 2 amide bonds. The number of amides is 2. The molecule has 6 nitrogen and oxygen atoms in total. The zero-order valence-corrected chi connectivity index (χ0v) is 15.5. The average molecular weight is 395 g/mol. The van der Waals surface area contributed by atoms with E-state index < -0.39 is 11.2 Å². The third-order valence-corrected chi connectivity index (χ3v) is 7.28. The summed E-state index contributed by atoms with van der Waals surface area (Å²) in [5.41, 5.74) is 1.41. The SMILES string of the molecule is O=C1[C@H]2[C@H](c3cccnc3)c3sc(=O)[nH]c3S[C@H]2C(=O)N1c1ccccc1. The molecule has 3 aromatic rings. The molecule has 5 rings (SSSR count). The molecule has 1 aromatic carbocycles. The van der Waals surface area contributed by atoms with Crippen LogP contribution in [0.2, 0.25) is 0 Å². The van der Waals surface area contributed by atoms with Gasteiger partial charge in [0.25, 0.3) is 0 Å². The summed E-state index contributed by atoms with van der Waals surface area (Å²) in [6.45, 7) is 0. The second kappa shape index (κ2) is 6.17. The number of hydrogen-bond donors (Lipinski definition) is 1. The van der Waals surface area contributed by atoms with Crippen LogP contribution in [0, 0.1) is 5.92 Å². The van der Waals surface area contributed by atoms with Crippen LogP contribution < -0.4 is 9.77 Å². The lowest BCUT2D eigenvalue weighted by Gasteiger charge is -2.29. The van der Waals surface area contributed by atoms with E-state index >= 15 is 0 Å². The largest absolute Gasteiger partial charge is 0.307 e. The summed E-state index contributed by atoms with van der Waals surface area (Å²) < 4.78 is 0. The highest BCUT2D eigenvalue weighted by Gasteiger charge is 2.56. The molecule has 1 fully saturated rings. The van der Waals surface area contributed by atoms with Crippen LogP contribution in [0.3, 0.4) is 0 Å². The zero-order chi connectivity index (χ0) is 18.5. The van der Waals surface area contributed by atoms with Crippen molar-refractivity contribution in [2.45, 2.75) is 16.2 Å². The van der Waals surface area contributed by atoms with Crippen LogP contribution in [0.25, 0.3) is 0 Å². The highest BCUT2D eigenvalue weighted by Crippen LogP contribution is 2.52. The number of nitrogens with one attached hydrogen (secondary N) is 1. The summed E-state index contributed by atoms with van der Waals surface area (Å²) in [6, 6.07) is 12.7. The van der Waals surface area contributed by atoms with Gasteiger partial charge in [0.2, 0.25) is 11.8 Å². The molecule has 0 saturated carbocycles. The Morgan fingerprint density at radius 1 is 1.00 bits per heavy atom. The van der Waals surface area contributed by atoms with Crippen molar-refractivity contribution < 1.29 is 9.59 Å². The Labute approximate surface area is 162 Å². The molecule has 0 aliphatic carbocycles. The molecule has 2 aromatic heterocycles. The first-order valence-electron chi connectivity index (χ1n) is 8.37. The van der Waals surface area contributed by atoms with Gasteiger partial charge in [0, 0.05) is 23.2 Å². The van der Waals surface area contributed by atoms with Gasteiger partial charge in [-0.1, -0.05) is 47.4 Å². The highest BCUT2D eigenvalue weighted by atomic mass is 32.2. The Morgan fingerprint density at radius 3 is 2.56 bits per heavy atom. The number of aromatic nitrogens is 2. The summed E-state index contributed by atoms with van der Waals surface area (Å²) in [4.78, 5) is 47.3. The summed E-state index contributed by atoms with van der Waals surface area (Å²) in [6.07, 6.45) is 3.37. The lowest BCUT2D eigenvalue weighted by atomic mass is 9.84. The molecule has 0 spiro atoms. The smallest absolute Gasteiger partial charge is 0.305 e. The molecular weight excluding hydrogens is 382 g/mol. The second-order valence-corrected chi connectivity index (χ2v) is 8.55. The first-order chi connectivity index (χ1) is 13.1. The van der Waals surface area contributed by atoms with E-state index in [1.807, 2.05) is 12.1 Å². The van der Waals surface area contributed by atoms with Crippen molar-refractivity contribution in [3.8, 4) is 0 Å². The van der Waals surface area contributed by atoms with Crippen molar-refractivity contribution in [3.63, 3.8) is 0 Å². The Morgan fingerprint density at radius 2 is 1.81 bits per heavy atom. The topological polar surface area (TPSA) is 83.1 Å². The quantitative estimate of drug-likeness (QED) is 0.675. The van der Waals surface area contributed by atoms with E-state index in [2.05, 4.69) is 9.97 Å². The molecule has 8 heteroatoms. The van der Waals surface area contributed by atoms with E-state index in [9.17, 15) is 14.4 Å². The van der Waals surface area contributed by atoms with Crippen molar-refractivity contribution in [2.24, 2.45) is 5.92 Å². The molecule has 1 N–H and O–H groups in total. The van der Waals surface area contributed by atoms with Crippen LogP contribution in [0.1, 0.15) is 16.4 Å². The van der Waals surface area contributed by atoms with Gasteiger partial charge in [-0.15, -0.1) is 0 Å². The number of H-pyrrole nitrogens is 1. The molecule has 3 atom stereocenters. The van der Waals surface area contributed by atoms with Crippen LogP contribution in [0.4, 0.5) is 5.69 Å². The van der Waals surface area contributed by atoms with Gasteiger partial charge in [-0.25, -0.2) is 4.90 Å². The number of benzene rings is 1. The van der Waals surface area contributed by atoms with E-state index in [1.165, 1.54) is 16.7 Å². The molecule has 2 aliphatic heterocycles. The van der Waals surface area contributed by atoms with E-state index in [1.54, 1.807) is 42.7 Å². The molecule has 0 unspecified atom stereocenters. The molecule has 1 saturated heterocycles. The van der Waals surface area contributed by atoms with Gasteiger partial charge in [0.15, 0.2) is 0 Å². The van der Waals surface area contributed by atoms with Gasteiger partial charge in [0.1, 0.15) is 5.25 Å². The standard InChI is InChI=1S/C19H13N3O3S2/c23-17-13-12(10-5-4-8-20-9-10)14-16(21-19(25)27-14)26-15(13)18(24)22(17)11-6-2-1-3-7-11/h1-9,12-13,15H,(H,21,25)/t12-,13-,15+/m0/s1. The molecule has 134 valence electrons. The lowest BCUT2D eigenvalue weighted by molar-refractivity contribution is -0.122. The molecule has 2 aliphatic rings. The Hall–Kier alpha value is -2.71. The van der Waals surface area contributed by atoms with Crippen LogP contribution in [-0.2, 0) is 9.59 Å². The first kappa shape index (κ1) is 16.5. The van der Waals surface area contributed by atoms with Gasteiger partial charge >= 0.3 is 4.87 Å². The number of pyridine rings is 1. The second-order valence-electron chi connectivity index (χ2n) is 6.38. The number of anilines is 1. The number of thioether (sulfide) groups is 1. The first-order valence-corrected chi connectivity index (χ1v) is 10.1. The maximum absolute atomic E-state index is 13.3. The zero-order valence-electron chi connectivity index (χ0n) is 13.9. The van der Waals surface area contributed by atoms with Gasteiger partial charge < -0.3 is 4.98 Å². The van der Waals surface area contributed by atoms with Crippen molar-refractivity contribution >= 4 is 40.6 Å². The number of carbonyl (C=O) groups excluding carboxylic acids is 2. The minimum absolute atomic E-state index is 0.179. The predicted octanol–water partition coefficient (Wildman–Crippen LogP) is 2.63. The van der Waals surface area contributed by atoms with Crippen LogP contribution in [-0.4, -0.2) is 27.0 Å². The summed E-state index contributed by atoms with van der Waals surface area (Å²) in [5, 5.41) is 0.108. The van der Waals surface area contributed by atoms with Crippen LogP contribution in [0.15, 0.2) is 64.7 Å². The minimum atomic E-state index is -0.569. The maximum atomic E-state index is 13.3. The molecule has 0 bridgehead atoms. The van der Waals surface area contributed by atoms with Crippen LogP contribution in [0.5, 0.6) is 0 Å². The number of hydrogen-bond acceptors (Lipinski definition) is 6. The lowest BCUT2D eigenvalue weighted by Crippen LogP contribution is -2.32.